The third kappa shape index (κ3) is 7.07. The van der Waals surface area contributed by atoms with E-state index in [4.69, 9.17) is 10.1 Å². The third-order valence-corrected chi connectivity index (χ3v) is 4.73. The van der Waals surface area contributed by atoms with Crippen molar-refractivity contribution in [2.24, 2.45) is 5.92 Å². The predicted molar refractivity (Wildman–Crippen MR) is 115 cm³/mol. The first-order valence-electron chi connectivity index (χ1n) is 10.3. The lowest BCUT2D eigenvalue weighted by molar-refractivity contribution is -0.117. The zero-order valence-corrected chi connectivity index (χ0v) is 18.2. The average Bonchev–Trinajstić information content (AvgIpc) is 2.64. The van der Waals surface area contributed by atoms with E-state index in [1.807, 2.05) is 40.7 Å². The molecule has 0 saturated carbocycles. The second kappa shape index (κ2) is 9.76. The zero-order valence-electron chi connectivity index (χ0n) is 18.2. The molecule has 0 radical (unpaired) electrons. The number of allylic oxidation sites excluding steroid dienone is 4. The predicted octanol–water partition coefficient (Wildman–Crippen LogP) is 3.15. The summed E-state index contributed by atoms with van der Waals surface area (Å²) in [6, 6.07) is 0.262. The van der Waals surface area contributed by atoms with E-state index in [1.165, 1.54) is 0 Å². The van der Waals surface area contributed by atoms with Crippen LogP contribution in [-0.2, 0) is 9.53 Å². The highest BCUT2D eigenvalue weighted by atomic mass is 16.6. The molecule has 1 heterocycles. The largest absolute Gasteiger partial charge is 0.444 e. The highest BCUT2D eigenvalue weighted by Gasteiger charge is 2.27. The number of ether oxygens (including phenoxy) is 1. The Balaban J connectivity index is 1.81. The van der Waals surface area contributed by atoms with E-state index in [1.54, 1.807) is 23.3 Å². The molecular formula is C22H34N4O3. The van der Waals surface area contributed by atoms with Gasteiger partial charge in [0, 0.05) is 37.4 Å². The summed E-state index contributed by atoms with van der Waals surface area (Å²) in [5, 5.41) is 14.4. The third-order valence-electron chi connectivity index (χ3n) is 4.73. The van der Waals surface area contributed by atoms with Gasteiger partial charge >= 0.3 is 6.09 Å². The molecule has 0 atom stereocenters. The standard InChI is InChI=1S/C22H34N4O3/c1-15(2)24-14-17-7-6-8-18(19(17)23)20(27)25-13-16-9-11-26(12-10-16)21(28)29-22(3,4)5/h6-8,14-16,23-24H,9-13H2,1-5H3,(H,25,27)/b17-14-,23-19?. The molecule has 1 aliphatic carbocycles. The van der Waals surface area contributed by atoms with Gasteiger partial charge in [-0.15, -0.1) is 0 Å². The normalized spacial score (nSPS) is 19.4. The number of nitrogens with one attached hydrogen (secondary N) is 3. The summed E-state index contributed by atoms with van der Waals surface area (Å²) in [4.78, 5) is 26.4. The van der Waals surface area contributed by atoms with Crippen LogP contribution in [0, 0.1) is 11.3 Å². The van der Waals surface area contributed by atoms with Gasteiger partial charge in [-0.2, -0.15) is 0 Å². The van der Waals surface area contributed by atoms with Crippen molar-refractivity contribution in [2.75, 3.05) is 19.6 Å². The number of piperidine rings is 1. The average molecular weight is 403 g/mol. The van der Waals surface area contributed by atoms with Crippen molar-refractivity contribution in [1.82, 2.24) is 15.5 Å². The molecule has 0 unspecified atom stereocenters. The lowest BCUT2D eigenvalue weighted by Crippen LogP contribution is -2.44. The molecule has 1 aliphatic heterocycles. The molecule has 0 aromatic carbocycles. The second-order valence-electron chi connectivity index (χ2n) is 8.86. The van der Waals surface area contributed by atoms with E-state index < -0.39 is 5.60 Å². The van der Waals surface area contributed by atoms with Crippen LogP contribution in [0.5, 0.6) is 0 Å². The number of hydrogen-bond acceptors (Lipinski definition) is 5. The van der Waals surface area contributed by atoms with Crippen LogP contribution in [0.1, 0.15) is 47.5 Å². The number of carbonyl (C=O) groups excluding carboxylic acids is 2. The first kappa shape index (κ1) is 22.7. The van der Waals surface area contributed by atoms with Gasteiger partial charge in [0.1, 0.15) is 5.60 Å². The highest BCUT2D eigenvalue weighted by molar-refractivity contribution is 6.28. The Kier molecular flexibility index (Phi) is 7.65. The first-order chi connectivity index (χ1) is 13.6. The van der Waals surface area contributed by atoms with Gasteiger partial charge < -0.3 is 20.3 Å². The Morgan fingerprint density at radius 2 is 1.97 bits per heavy atom. The van der Waals surface area contributed by atoms with Gasteiger partial charge in [-0.3, -0.25) is 10.2 Å². The van der Waals surface area contributed by atoms with Crippen LogP contribution >= 0.6 is 0 Å². The number of likely N-dealkylation sites (tertiary alicyclic amines) is 1. The van der Waals surface area contributed by atoms with Crippen LogP contribution in [-0.4, -0.2) is 53.9 Å². The van der Waals surface area contributed by atoms with E-state index in [2.05, 4.69) is 10.6 Å². The number of hydrogen-bond donors (Lipinski definition) is 3. The molecule has 3 N–H and O–H groups in total. The quantitative estimate of drug-likeness (QED) is 0.658. The molecule has 2 amide bonds. The first-order valence-corrected chi connectivity index (χ1v) is 10.3. The number of amides is 2. The number of nitrogens with zero attached hydrogens (tertiary/aromatic N) is 1. The SMILES string of the molecule is CC(C)N/C=C1/C=CC=C(C(=O)NCC2CCN(C(=O)OC(C)(C)C)CC2)C1=N. The van der Waals surface area contributed by atoms with Crippen LogP contribution in [0.3, 0.4) is 0 Å². The topological polar surface area (TPSA) is 94.5 Å². The molecule has 0 bridgehead atoms. The molecule has 0 aromatic rings. The maximum atomic E-state index is 12.6. The maximum Gasteiger partial charge on any atom is 0.410 e. The fourth-order valence-electron chi connectivity index (χ4n) is 3.11. The molecule has 1 fully saturated rings. The Bertz CT molecular complexity index is 721. The van der Waals surface area contributed by atoms with E-state index >= 15 is 0 Å². The van der Waals surface area contributed by atoms with Crippen LogP contribution in [0.2, 0.25) is 0 Å². The van der Waals surface area contributed by atoms with Crippen molar-refractivity contribution >= 4 is 17.7 Å². The van der Waals surface area contributed by atoms with Gasteiger partial charge in [0.2, 0.25) is 0 Å². The zero-order chi connectivity index (χ0) is 21.6. The van der Waals surface area contributed by atoms with E-state index in [0.29, 0.717) is 36.7 Å². The molecule has 0 spiro atoms. The summed E-state index contributed by atoms with van der Waals surface area (Å²) in [7, 11) is 0. The second-order valence-corrected chi connectivity index (χ2v) is 8.86. The van der Waals surface area contributed by atoms with E-state index in [0.717, 1.165) is 12.8 Å². The van der Waals surface area contributed by atoms with Crippen LogP contribution in [0.25, 0.3) is 0 Å². The fraction of sp³-hybridized carbons (Fsp3) is 0.591. The van der Waals surface area contributed by atoms with Crippen molar-refractivity contribution in [3.63, 3.8) is 0 Å². The smallest absolute Gasteiger partial charge is 0.410 e. The Morgan fingerprint density at radius 1 is 1.31 bits per heavy atom. The van der Waals surface area contributed by atoms with E-state index in [-0.39, 0.29) is 23.8 Å². The van der Waals surface area contributed by atoms with Crippen LogP contribution < -0.4 is 10.6 Å². The Hall–Kier alpha value is -2.57. The maximum absolute atomic E-state index is 12.6. The lowest BCUT2D eigenvalue weighted by Gasteiger charge is -2.33. The Morgan fingerprint density at radius 3 is 2.55 bits per heavy atom. The molecule has 7 nitrogen and oxygen atoms in total. The van der Waals surface area contributed by atoms with Crippen molar-refractivity contribution < 1.29 is 14.3 Å². The summed E-state index contributed by atoms with van der Waals surface area (Å²) in [5.41, 5.74) is 0.789. The minimum atomic E-state index is -0.494. The molecule has 2 rings (SSSR count). The summed E-state index contributed by atoms with van der Waals surface area (Å²) >= 11 is 0. The number of carbonyl (C=O) groups is 2. The molecule has 2 aliphatic rings. The summed E-state index contributed by atoms with van der Waals surface area (Å²) in [6.07, 6.45) is 8.42. The van der Waals surface area contributed by atoms with Gasteiger partial charge in [-0.25, -0.2) is 4.79 Å². The van der Waals surface area contributed by atoms with Crippen molar-refractivity contribution in [3.8, 4) is 0 Å². The molecule has 160 valence electrons. The summed E-state index contributed by atoms with van der Waals surface area (Å²) < 4.78 is 5.42. The Labute approximate surface area is 173 Å². The molecule has 1 saturated heterocycles. The van der Waals surface area contributed by atoms with Gasteiger partial charge in [0.15, 0.2) is 0 Å². The monoisotopic (exact) mass is 402 g/mol. The van der Waals surface area contributed by atoms with Gasteiger partial charge in [0.25, 0.3) is 5.91 Å². The van der Waals surface area contributed by atoms with Gasteiger partial charge in [-0.05, 0) is 59.5 Å². The summed E-state index contributed by atoms with van der Waals surface area (Å²) in [5.74, 6) is 0.0774. The van der Waals surface area contributed by atoms with Crippen LogP contribution in [0.15, 0.2) is 35.6 Å². The molecular weight excluding hydrogens is 368 g/mol. The van der Waals surface area contributed by atoms with Crippen molar-refractivity contribution in [3.05, 3.63) is 35.6 Å². The van der Waals surface area contributed by atoms with Crippen molar-refractivity contribution in [1.29, 1.82) is 5.41 Å². The van der Waals surface area contributed by atoms with Crippen LogP contribution in [0.4, 0.5) is 4.79 Å². The highest BCUT2D eigenvalue weighted by Crippen LogP contribution is 2.20. The molecule has 0 aromatic heterocycles. The molecule has 7 heteroatoms. The fourth-order valence-corrected chi connectivity index (χ4v) is 3.11. The minimum Gasteiger partial charge on any atom is -0.444 e. The number of rotatable bonds is 5. The molecule has 29 heavy (non-hydrogen) atoms. The minimum absolute atomic E-state index is 0.220. The van der Waals surface area contributed by atoms with Gasteiger partial charge in [-0.1, -0.05) is 12.2 Å². The summed E-state index contributed by atoms with van der Waals surface area (Å²) in [6.45, 7) is 11.4. The van der Waals surface area contributed by atoms with Gasteiger partial charge in [0.05, 0.1) is 11.3 Å². The van der Waals surface area contributed by atoms with E-state index in [9.17, 15) is 9.59 Å². The van der Waals surface area contributed by atoms with Crippen molar-refractivity contribution in [2.45, 2.75) is 59.1 Å². The lowest BCUT2D eigenvalue weighted by atomic mass is 9.95.